The van der Waals surface area contributed by atoms with Crippen LogP contribution in [0.1, 0.15) is 18.5 Å². The Morgan fingerprint density at radius 2 is 1.80 bits per heavy atom. The summed E-state index contributed by atoms with van der Waals surface area (Å²) in [5, 5.41) is 9.38. The van der Waals surface area contributed by atoms with Crippen LogP contribution in [0.15, 0.2) is 64.3 Å². The minimum atomic E-state index is -0.373. The Labute approximate surface area is 158 Å². The smallest absolute Gasteiger partial charge is 0.255 e. The molecule has 3 N–H and O–H groups in total. The summed E-state index contributed by atoms with van der Waals surface area (Å²) < 4.78 is 14.0. The molecular weight excluding hydrogens is 405 g/mol. The number of benzene rings is 2. The SMILES string of the molecule is CC1=C(C(=O)Nc2ccc(F)cc2)C(c2ccc(Br)cc2)NC(=S)N1. The number of rotatable bonds is 3. The maximum absolute atomic E-state index is 13.0. The molecule has 0 bridgehead atoms. The van der Waals surface area contributed by atoms with E-state index >= 15 is 0 Å². The first-order valence-electron chi connectivity index (χ1n) is 7.54. The van der Waals surface area contributed by atoms with Crippen LogP contribution < -0.4 is 16.0 Å². The zero-order chi connectivity index (χ0) is 18.0. The zero-order valence-corrected chi connectivity index (χ0v) is 15.7. The quantitative estimate of drug-likeness (QED) is 0.657. The molecule has 4 nitrogen and oxygen atoms in total. The standard InChI is InChI=1S/C18H15BrFN3OS/c1-10-15(17(24)22-14-8-6-13(20)7-9-14)16(23-18(25)21-10)11-2-4-12(19)5-3-11/h2-9,16H,1H3,(H,22,24)(H2,21,23,25). The number of anilines is 1. The molecule has 1 unspecified atom stereocenters. The topological polar surface area (TPSA) is 53.2 Å². The van der Waals surface area contributed by atoms with Crippen molar-refractivity contribution < 1.29 is 9.18 Å². The van der Waals surface area contributed by atoms with E-state index in [0.717, 1.165) is 10.0 Å². The first-order valence-corrected chi connectivity index (χ1v) is 8.75. The highest BCUT2D eigenvalue weighted by Gasteiger charge is 2.29. The third-order valence-electron chi connectivity index (χ3n) is 3.82. The van der Waals surface area contributed by atoms with Crippen molar-refractivity contribution in [1.29, 1.82) is 0 Å². The van der Waals surface area contributed by atoms with Gasteiger partial charge < -0.3 is 16.0 Å². The van der Waals surface area contributed by atoms with E-state index in [1.807, 2.05) is 24.3 Å². The monoisotopic (exact) mass is 419 g/mol. The lowest BCUT2D eigenvalue weighted by atomic mass is 9.95. The fourth-order valence-electron chi connectivity index (χ4n) is 2.63. The maximum Gasteiger partial charge on any atom is 0.255 e. The van der Waals surface area contributed by atoms with Crippen molar-refractivity contribution in [3.63, 3.8) is 0 Å². The van der Waals surface area contributed by atoms with E-state index in [1.165, 1.54) is 24.3 Å². The van der Waals surface area contributed by atoms with Crippen molar-refractivity contribution in [2.24, 2.45) is 0 Å². The highest BCUT2D eigenvalue weighted by atomic mass is 79.9. The van der Waals surface area contributed by atoms with Gasteiger partial charge in [-0.05, 0) is 61.1 Å². The lowest BCUT2D eigenvalue weighted by Crippen LogP contribution is -2.45. The van der Waals surface area contributed by atoms with Gasteiger partial charge in [-0.25, -0.2) is 4.39 Å². The molecule has 0 saturated heterocycles. The molecule has 25 heavy (non-hydrogen) atoms. The summed E-state index contributed by atoms with van der Waals surface area (Å²) in [5.74, 6) is -0.632. The Bertz CT molecular complexity index is 850. The maximum atomic E-state index is 13.0. The summed E-state index contributed by atoms with van der Waals surface area (Å²) in [6.45, 7) is 1.80. The van der Waals surface area contributed by atoms with Crippen LogP contribution in [0.5, 0.6) is 0 Å². The second-order valence-corrected chi connectivity index (χ2v) is 6.91. The molecule has 1 aliphatic heterocycles. The molecule has 0 spiro atoms. The first kappa shape index (κ1) is 17.6. The summed E-state index contributed by atoms with van der Waals surface area (Å²) in [7, 11) is 0. The lowest BCUT2D eigenvalue weighted by molar-refractivity contribution is -0.113. The number of halogens is 2. The summed E-state index contributed by atoms with van der Waals surface area (Å²) in [5.41, 5.74) is 2.64. The number of hydrogen-bond donors (Lipinski definition) is 3. The van der Waals surface area contributed by atoms with Gasteiger partial charge >= 0.3 is 0 Å². The normalized spacial score (nSPS) is 16.9. The van der Waals surface area contributed by atoms with Crippen LogP contribution in [0.25, 0.3) is 0 Å². The van der Waals surface area contributed by atoms with Gasteiger partial charge in [0.15, 0.2) is 5.11 Å². The summed E-state index contributed by atoms with van der Waals surface area (Å²) in [6.07, 6.45) is 0. The number of hydrogen-bond acceptors (Lipinski definition) is 2. The Morgan fingerprint density at radius 3 is 2.44 bits per heavy atom. The molecule has 0 radical (unpaired) electrons. The number of carbonyl (C=O) groups excluding carboxylic acids is 1. The van der Waals surface area contributed by atoms with E-state index < -0.39 is 0 Å². The molecule has 0 aromatic heterocycles. The number of nitrogens with one attached hydrogen (secondary N) is 3. The molecule has 2 aromatic carbocycles. The summed E-state index contributed by atoms with van der Waals surface area (Å²) in [6, 6.07) is 12.9. The van der Waals surface area contributed by atoms with Crippen LogP contribution in [0.4, 0.5) is 10.1 Å². The van der Waals surface area contributed by atoms with Gasteiger partial charge in [0.1, 0.15) is 5.82 Å². The zero-order valence-electron chi connectivity index (χ0n) is 13.3. The van der Waals surface area contributed by atoms with Crippen LogP contribution in [0.2, 0.25) is 0 Å². The minimum Gasteiger partial charge on any atom is -0.351 e. The van der Waals surface area contributed by atoms with Crippen molar-refractivity contribution in [2.45, 2.75) is 13.0 Å². The minimum absolute atomic E-state index is 0.278. The number of allylic oxidation sites excluding steroid dienone is 1. The fraction of sp³-hybridized carbons (Fsp3) is 0.111. The van der Waals surface area contributed by atoms with Crippen molar-refractivity contribution in [3.05, 3.63) is 75.7 Å². The van der Waals surface area contributed by atoms with Gasteiger partial charge in [-0.15, -0.1) is 0 Å². The Kier molecular flexibility index (Phi) is 5.15. The number of amides is 1. The van der Waals surface area contributed by atoms with E-state index in [-0.39, 0.29) is 17.8 Å². The molecule has 1 aliphatic rings. The van der Waals surface area contributed by atoms with Crippen molar-refractivity contribution >= 4 is 44.9 Å². The highest BCUT2D eigenvalue weighted by molar-refractivity contribution is 9.10. The van der Waals surface area contributed by atoms with Gasteiger partial charge in [-0.2, -0.15) is 0 Å². The molecule has 1 heterocycles. The van der Waals surface area contributed by atoms with Gasteiger partial charge in [0.2, 0.25) is 0 Å². The van der Waals surface area contributed by atoms with E-state index in [9.17, 15) is 9.18 Å². The van der Waals surface area contributed by atoms with E-state index in [1.54, 1.807) is 6.92 Å². The molecule has 1 amide bonds. The molecular formula is C18H15BrFN3OS. The lowest BCUT2D eigenvalue weighted by Gasteiger charge is -2.30. The van der Waals surface area contributed by atoms with E-state index in [4.69, 9.17) is 12.2 Å². The average Bonchev–Trinajstić information content (AvgIpc) is 2.57. The van der Waals surface area contributed by atoms with Gasteiger partial charge in [0, 0.05) is 15.9 Å². The molecule has 3 rings (SSSR count). The largest absolute Gasteiger partial charge is 0.351 e. The third-order valence-corrected chi connectivity index (χ3v) is 4.57. The van der Waals surface area contributed by atoms with Crippen molar-refractivity contribution in [1.82, 2.24) is 10.6 Å². The van der Waals surface area contributed by atoms with Crippen LogP contribution in [0, 0.1) is 5.82 Å². The molecule has 0 aliphatic carbocycles. The van der Waals surface area contributed by atoms with Gasteiger partial charge in [-0.1, -0.05) is 28.1 Å². The van der Waals surface area contributed by atoms with Gasteiger partial charge in [0.25, 0.3) is 5.91 Å². The molecule has 128 valence electrons. The third kappa shape index (κ3) is 4.05. The molecule has 2 aromatic rings. The summed E-state index contributed by atoms with van der Waals surface area (Å²) >= 11 is 8.64. The van der Waals surface area contributed by atoms with E-state index in [0.29, 0.717) is 22.1 Å². The predicted octanol–water partition coefficient (Wildman–Crippen LogP) is 4.02. The number of carbonyl (C=O) groups is 1. The Morgan fingerprint density at radius 1 is 1.16 bits per heavy atom. The van der Waals surface area contributed by atoms with Crippen LogP contribution in [-0.4, -0.2) is 11.0 Å². The van der Waals surface area contributed by atoms with Crippen LogP contribution >= 0.6 is 28.1 Å². The Balaban J connectivity index is 1.92. The van der Waals surface area contributed by atoms with Gasteiger partial charge in [-0.3, -0.25) is 4.79 Å². The van der Waals surface area contributed by atoms with Crippen LogP contribution in [0.3, 0.4) is 0 Å². The molecule has 7 heteroatoms. The average molecular weight is 420 g/mol. The predicted molar refractivity (Wildman–Crippen MR) is 103 cm³/mol. The summed E-state index contributed by atoms with van der Waals surface area (Å²) in [4.78, 5) is 12.8. The second-order valence-electron chi connectivity index (χ2n) is 5.58. The van der Waals surface area contributed by atoms with Crippen molar-refractivity contribution in [3.8, 4) is 0 Å². The highest BCUT2D eigenvalue weighted by Crippen LogP contribution is 2.28. The first-order chi connectivity index (χ1) is 11.9. The molecule has 0 saturated carbocycles. The van der Waals surface area contributed by atoms with Crippen LogP contribution in [-0.2, 0) is 4.79 Å². The fourth-order valence-corrected chi connectivity index (χ4v) is 3.17. The van der Waals surface area contributed by atoms with Crippen molar-refractivity contribution in [2.75, 3.05) is 5.32 Å². The molecule has 1 atom stereocenters. The van der Waals surface area contributed by atoms with Gasteiger partial charge in [0.05, 0.1) is 11.6 Å². The molecule has 0 fully saturated rings. The van der Waals surface area contributed by atoms with E-state index in [2.05, 4.69) is 31.9 Å². The Hall–Kier alpha value is -2.25. The second kappa shape index (κ2) is 7.33. The number of thiocarbonyl (C=S) groups is 1.